The molecule has 2 aromatic heterocycles. The molecule has 0 radical (unpaired) electrons. The summed E-state index contributed by atoms with van der Waals surface area (Å²) in [5.74, 6) is 1.96. The highest BCUT2D eigenvalue weighted by Gasteiger charge is 2.44. The van der Waals surface area contributed by atoms with Gasteiger partial charge in [0.05, 0.1) is 33.3 Å². The number of ether oxygens (including phenoxy) is 5. The number of imidazole rings is 1. The van der Waals surface area contributed by atoms with E-state index in [4.69, 9.17) is 28.2 Å². The summed E-state index contributed by atoms with van der Waals surface area (Å²) in [6.45, 7) is 10.9. The van der Waals surface area contributed by atoms with Crippen molar-refractivity contribution in [3.63, 3.8) is 0 Å². The van der Waals surface area contributed by atoms with Crippen molar-refractivity contribution in [2.24, 2.45) is 0 Å². The van der Waals surface area contributed by atoms with Gasteiger partial charge in [-0.15, -0.1) is 0 Å². The van der Waals surface area contributed by atoms with Gasteiger partial charge in [-0.3, -0.25) is 14.0 Å². The van der Waals surface area contributed by atoms with E-state index >= 15 is 0 Å². The van der Waals surface area contributed by atoms with Crippen molar-refractivity contribution in [3.8, 4) is 17.2 Å². The summed E-state index contributed by atoms with van der Waals surface area (Å²) in [5.41, 5.74) is 2.66. The summed E-state index contributed by atoms with van der Waals surface area (Å²) < 4.78 is 42.3. The van der Waals surface area contributed by atoms with Crippen molar-refractivity contribution in [2.45, 2.75) is 70.2 Å². The minimum Gasteiger partial charge on any atom is -0.497 e. The number of aromatic nitrogens is 4. The Kier molecular flexibility index (Phi) is 13.7. The van der Waals surface area contributed by atoms with Crippen LogP contribution < -0.4 is 19.5 Å². The maximum absolute atomic E-state index is 13.0. The normalized spacial score (nSPS) is 17.3. The van der Waals surface area contributed by atoms with Crippen LogP contribution in [-0.2, 0) is 24.4 Å². The molecular weight excluding hydrogens is 780 g/mol. The average Bonchev–Trinajstić information content (AvgIpc) is 3.88. The Morgan fingerprint density at radius 2 is 1.40 bits per heavy atom. The largest absolute Gasteiger partial charge is 0.497 e. The molecule has 13 nitrogen and oxygen atoms in total. The first kappa shape index (κ1) is 42.7. The molecule has 3 heterocycles. The number of para-hydroxylation sites is 1. The summed E-state index contributed by atoms with van der Waals surface area (Å²) in [4.78, 5) is 26.7. The number of anilines is 1. The molecule has 6 aromatic rings. The molecule has 1 aliphatic rings. The Labute approximate surface area is 352 Å². The van der Waals surface area contributed by atoms with Crippen LogP contribution >= 0.6 is 8.30 Å². The van der Waals surface area contributed by atoms with Crippen molar-refractivity contribution in [2.75, 3.05) is 39.4 Å². The van der Waals surface area contributed by atoms with Gasteiger partial charge in [-0.1, -0.05) is 72.8 Å². The number of hydrogen-bond acceptors (Lipinski definition) is 11. The lowest BCUT2D eigenvalue weighted by Gasteiger charge is -2.37. The molecule has 0 bridgehead atoms. The van der Waals surface area contributed by atoms with Gasteiger partial charge in [0.1, 0.15) is 43.6 Å². The molecule has 314 valence electrons. The second-order valence-corrected chi connectivity index (χ2v) is 16.7. The van der Waals surface area contributed by atoms with Gasteiger partial charge >= 0.3 is 0 Å². The molecule has 0 aliphatic carbocycles. The van der Waals surface area contributed by atoms with Crippen LogP contribution in [0.5, 0.6) is 17.2 Å². The quantitative estimate of drug-likeness (QED) is 0.0660. The van der Waals surface area contributed by atoms with E-state index in [1.54, 1.807) is 32.7 Å². The van der Waals surface area contributed by atoms with Crippen LogP contribution in [0.2, 0.25) is 0 Å². The van der Waals surface area contributed by atoms with Crippen molar-refractivity contribution in [3.05, 3.63) is 139 Å². The van der Waals surface area contributed by atoms with Gasteiger partial charge in [0.2, 0.25) is 0 Å². The number of carbonyl (C=O) groups excluding carboxylic acids is 1. The standard InChI is InChI=1S/C46H53N6O7P/c1-31(2)52(32(3)4)60(7)59-40-26-39(58-45(40)51-30-49-42-43(47-29-48-44(42)51)50-41(53)28-56-38-16-12-9-13-17-38)27-57-46(33-14-10-8-11-15-33,34-18-22-36(54-5)23-19-34)35-20-24-37(55-6)25-21-35/h8-25,29-32,39-40,45H,26-28H2,1-7H3,(H,47,48,50,53)/t39-,40+,45+,60?/m0/s1. The molecule has 1 unspecified atom stereocenters. The molecule has 7 rings (SSSR count). The Hall–Kier alpha value is -5.43. The maximum Gasteiger partial charge on any atom is 0.263 e. The first-order valence-corrected chi connectivity index (χ1v) is 21.7. The van der Waals surface area contributed by atoms with E-state index in [2.05, 4.69) is 71.4 Å². The molecule has 0 spiro atoms. The fourth-order valence-corrected chi connectivity index (χ4v) is 9.91. The van der Waals surface area contributed by atoms with Crippen LogP contribution in [0.15, 0.2) is 122 Å². The van der Waals surface area contributed by atoms with Gasteiger partial charge in [0.15, 0.2) is 29.8 Å². The zero-order valence-corrected chi connectivity index (χ0v) is 36.0. The smallest absolute Gasteiger partial charge is 0.263 e. The molecular formula is C46H53N6O7P. The van der Waals surface area contributed by atoms with Crippen molar-refractivity contribution in [1.82, 2.24) is 24.2 Å². The highest BCUT2D eigenvalue weighted by molar-refractivity contribution is 7.49. The highest BCUT2D eigenvalue weighted by Crippen LogP contribution is 2.48. The zero-order valence-electron chi connectivity index (χ0n) is 35.1. The number of nitrogens with zero attached hydrogens (tertiary/aromatic N) is 5. The molecule has 1 aliphatic heterocycles. The first-order valence-electron chi connectivity index (χ1n) is 20.1. The lowest BCUT2D eigenvalue weighted by molar-refractivity contribution is -0.118. The van der Waals surface area contributed by atoms with Gasteiger partial charge in [-0.05, 0) is 87.4 Å². The van der Waals surface area contributed by atoms with Crippen LogP contribution in [0.25, 0.3) is 11.2 Å². The van der Waals surface area contributed by atoms with E-state index in [1.165, 1.54) is 6.33 Å². The van der Waals surface area contributed by atoms with Crippen LogP contribution in [0.4, 0.5) is 5.82 Å². The van der Waals surface area contributed by atoms with Gasteiger partial charge in [0, 0.05) is 18.5 Å². The number of carbonyl (C=O) groups is 1. The highest BCUT2D eigenvalue weighted by atomic mass is 31.2. The number of amides is 1. The molecule has 60 heavy (non-hydrogen) atoms. The number of benzene rings is 4. The Balaban J connectivity index is 1.22. The molecule has 1 amide bonds. The molecule has 4 atom stereocenters. The van der Waals surface area contributed by atoms with Gasteiger partial charge in [0.25, 0.3) is 5.91 Å². The maximum atomic E-state index is 13.0. The summed E-state index contributed by atoms with van der Waals surface area (Å²) in [5, 5.41) is 2.85. The third kappa shape index (κ3) is 9.31. The summed E-state index contributed by atoms with van der Waals surface area (Å²) in [6.07, 6.45) is 2.19. The van der Waals surface area contributed by atoms with Crippen LogP contribution in [-0.4, -0.2) is 88.5 Å². The molecule has 0 saturated carbocycles. The van der Waals surface area contributed by atoms with E-state index in [9.17, 15) is 4.79 Å². The third-order valence-electron chi connectivity index (χ3n) is 10.5. The van der Waals surface area contributed by atoms with Gasteiger partial charge < -0.3 is 33.5 Å². The van der Waals surface area contributed by atoms with Gasteiger partial charge in [-0.25, -0.2) is 15.0 Å². The number of fused-ring (bicyclic) bond motifs is 1. The Bertz CT molecular complexity index is 2240. The van der Waals surface area contributed by atoms with Crippen molar-refractivity contribution < 1.29 is 33.0 Å². The summed E-state index contributed by atoms with van der Waals surface area (Å²) in [7, 11) is 2.27. The second kappa shape index (κ2) is 19.3. The molecule has 1 fully saturated rings. The number of methoxy groups -OCH3 is 2. The summed E-state index contributed by atoms with van der Waals surface area (Å²) in [6, 6.07) is 35.8. The zero-order chi connectivity index (χ0) is 42.2. The number of hydrogen-bond donors (Lipinski definition) is 1. The number of nitrogens with one attached hydrogen (secondary N) is 1. The topological polar surface area (TPSA) is 131 Å². The van der Waals surface area contributed by atoms with Crippen LogP contribution in [0.3, 0.4) is 0 Å². The Morgan fingerprint density at radius 3 is 1.98 bits per heavy atom. The summed E-state index contributed by atoms with van der Waals surface area (Å²) >= 11 is 0. The van der Waals surface area contributed by atoms with Crippen molar-refractivity contribution in [1.29, 1.82) is 0 Å². The lowest BCUT2D eigenvalue weighted by Crippen LogP contribution is -2.36. The third-order valence-corrected chi connectivity index (χ3v) is 12.6. The molecule has 4 aromatic carbocycles. The van der Waals surface area contributed by atoms with E-state index in [0.717, 1.165) is 28.2 Å². The van der Waals surface area contributed by atoms with Crippen molar-refractivity contribution >= 4 is 31.2 Å². The SMILES string of the molecule is COc1ccc(C(OC[C@@H]2C[C@@H](OP(C)N(C(C)C)C(C)C)[C@H](n3cnc4c(NC(=O)COc5ccccc5)ncnc43)O2)(c2ccccc2)c2ccc(OC)cc2)cc1. The average molecular weight is 833 g/mol. The fourth-order valence-electron chi connectivity index (χ4n) is 7.92. The van der Waals surface area contributed by atoms with Crippen LogP contribution in [0.1, 0.15) is 57.0 Å². The fraction of sp³-hybridized carbons (Fsp3) is 0.348. The predicted molar refractivity (Wildman–Crippen MR) is 233 cm³/mol. The number of rotatable bonds is 18. The Morgan fingerprint density at radius 1 is 0.817 bits per heavy atom. The monoisotopic (exact) mass is 832 g/mol. The van der Waals surface area contributed by atoms with E-state index in [1.807, 2.05) is 89.5 Å². The minimum absolute atomic E-state index is 0.195. The van der Waals surface area contributed by atoms with E-state index < -0.39 is 32.3 Å². The second-order valence-electron chi connectivity index (χ2n) is 15.1. The first-order chi connectivity index (χ1) is 29.1. The van der Waals surface area contributed by atoms with Gasteiger partial charge in [-0.2, -0.15) is 0 Å². The van der Waals surface area contributed by atoms with Crippen LogP contribution in [0, 0.1) is 0 Å². The van der Waals surface area contributed by atoms with E-state index in [0.29, 0.717) is 23.3 Å². The molecule has 1 saturated heterocycles. The molecule has 14 heteroatoms. The predicted octanol–water partition coefficient (Wildman–Crippen LogP) is 8.60. The molecule has 1 N–H and O–H groups in total. The lowest BCUT2D eigenvalue weighted by atomic mass is 9.80. The minimum atomic E-state index is -1.04. The van der Waals surface area contributed by atoms with E-state index in [-0.39, 0.29) is 37.0 Å².